The van der Waals surface area contributed by atoms with Crippen molar-refractivity contribution in [1.82, 2.24) is 19.9 Å². The summed E-state index contributed by atoms with van der Waals surface area (Å²) in [6, 6.07) is 16.3. The fraction of sp³-hybridized carbons (Fsp3) is 0. The first-order chi connectivity index (χ1) is 11.8. The van der Waals surface area contributed by atoms with Crippen molar-refractivity contribution >= 4 is 46.4 Å². The highest BCUT2D eigenvalue weighted by atomic mass is 14.8. The highest BCUT2D eigenvalue weighted by Gasteiger charge is 2.03. The summed E-state index contributed by atoms with van der Waals surface area (Å²) in [6.45, 7) is 0. The molecule has 5 rings (SSSR count). The second kappa shape index (κ2) is 5.06. The molecule has 0 spiro atoms. The van der Waals surface area contributed by atoms with E-state index in [1.807, 2.05) is 60.7 Å². The van der Waals surface area contributed by atoms with Crippen LogP contribution in [0.4, 0.5) is 0 Å². The van der Waals surface area contributed by atoms with Crippen LogP contribution in [0.1, 0.15) is 22.8 Å². The Morgan fingerprint density at radius 1 is 0.500 bits per heavy atom. The Morgan fingerprint density at radius 2 is 0.958 bits per heavy atom. The van der Waals surface area contributed by atoms with Crippen LogP contribution in [-0.4, -0.2) is 19.9 Å². The predicted molar refractivity (Wildman–Crippen MR) is 98.9 cm³/mol. The molecule has 0 fully saturated rings. The molecule has 4 heteroatoms. The van der Waals surface area contributed by atoms with E-state index in [0.29, 0.717) is 0 Å². The second-order valence-corrected chi connectivity index (χ2v) is 5.83. The highest BCUT2D eigenvalue weighted by molar-refractivity contribution is 5.82. The van der Waals surface area contributed by atoms with Gasteiger partial charge in [0.05, 0.1) is 33.8 Å². The van der Waals surface area contributed by atoms with Gasteiger partial charge in [0.1, 0.15) is 0 Å². The van der Waals surface area contributed by atoms with Crippen LogP contribution >= 0.6 is 0 Å². The van der Waals surface area contributed by atoms with Gasteiger partial charge in [-0.3, -0.25) is 0 Å². The third kappa shape index (κ3) is 2.25. The molecular formula is C20H14N4. The van der Waals surface area contributed by atoms with Crippen molar-refractivity contribution in [1.29, 1.82) is 0 Å². The third-order valence-corrected chi connectivity index (χ3v) is 4.16. The SMILES string of the molecule is C1=Cc2nc1ccc1ccc([nH]1)c1nc(ccc3ccc2[nH]3)C=C1. The molecule has 8 bridgehead atoms. The highest BCUT2D eigenvalue weighted by Crippen LogP contribution is 2.18. The molecule has 0 aromatic carbocycles. The van der Waals surface area contributed by atoms with Crippen molar-refractivity contribution in [3.05, 3.63) is 71.3 Å². The zero-order valence-corrected chi connectivity index (χ0v) is 12.8. The first-order valence-electron chi connectivity index (χ1n) is 7.86. The van der Waals surface area contributed by atoms with Crippen molar-refractivity contribution < 1.29 is 0 Å². The Morgan fingerprint density at radius 3 is 1.46 bits per heavy atom. The maximum Gasteiger partial charge on any atom is 0.0872 e. The van der Waals surface area contributed by atoms with Gasteiger partial charge in [-0.1, -0.05) is 0 Å². The van der Waals surface area contributed by atoms with Gasteiger partial charge in [0, 0.05) is 11.0 Å². The topological polar surface area (TPSA) is 57.4 Å². The minimum Gasteiger partial charge on any atom is -0.354 e. The first kappa shape index (κ1) is 13.1. The number of aromatic amines is 2. The number of hydrogen-bond acceptors (Lipinski definition) is 2. The average Bonchev–Trinajstić information content (AvgIpc) is 3.37. The number of aromatic nitrogens is 4. The monoisotopic (exact) mass is 310 g/mol. The van der Waals surface area contributed by atoms with Crippen LogP contribution in [0.3, 0.4) is 0 Å². The standard InChI is InChI=1S/C20H14N4/c1-2-14-6-10-19(22-14)20-12-8-16(24-20)4-3-15-7-11-18(23-15)17-9-5-13(1)21-17/h1-12,21,24H. The molecule has 2 aliphatic rings. The van der Waals surface area contributed by atoms with E-state index in [1.54, 1.807) is 0 Å². The van der Waals surface area contributed by atoms with Crippen LogP contribution in [0.2, 0.25) is 0 Å². The van der Waals surface area contributed by atoms with Gasteiger partial charge in [0.25, 0.3) is 0 Å². The van der Waals surface area contributed by atoms with Crippen molar-refractivity contribution in [2.75, 3.05) is 0 Å². The molecular weight excluding hydrogens is 296 g/mol. The molecule has 4 nitrogen and oxygen atoms in total. The molecule has 24 heavy (non-hydrogen) atoms. The number of rotatable bonds is 0. The summed E-state index contributed by atoms with van der Waals surface area (Å²) in [5.74, 6) is 0. The maximum atomic E-state index is 4.65. The minimum atomic E-state index is 0.939. The van der Waals surface area contributed by atoms with Gasteiger partial charge >= 0.3 is 0 Å². The average molecular weight is 310 g/mol. The van der Waals surface area contributed by atoms with Crippen LogP contribution in [0.15, 0.2) is 48.5 Å². The maximum absolute atomic E-state index is 4.65. The third-order valence-electron chi connectivity index (χ3n) is 4.16. The van der Waals surface area contributed by atoms with E-state index in [0.717, 1.165) is 44.8 Å². The number of H-pyrrole nitrogens is 2. The Labute approximate surface area is 138 Å². The molecule has 0 saturated heterocycles. The summed E-state index contributed by atoms with van der Waals surface area (Å²) in [6.07, 6.45) is 8.10. The number of hydrogen-bond donors (Lipinski definition) is 2. The molecule has 114 valence electrons. The molecule has 0 radical (unpaired) electrons. The van der Waals surface area contributed by atoms with Gasteiger partial charge < -0.3 is 9.97 Å². The molecule has 0 aliphatic carbocycles. The molecule has 0 saturated carbocycles. The van der Waals surface area contributed by atoms with E-state index in [9.17, 15) is 0 Å². The lowest BCUT2D eigenvalue weighted by atomic mass is 10.3. The molecule has 3 aromatic rings. The lowest BCUT2D eigenvalue weighted by Crippen LogP contribution is -1.76. The van der Waals surface area contributed by atoms with Gasteiger partial charge in [-0.25, -0.2) is 9.97 Å². The Balaban J connectivity index is 1.85. The summed E-state index contributed by atoms with van der Waals surface area (Å²) in [7, 11) is 0. The van der Waals surface area contributed by atoms with Crippen molar-refractivity contribution in [2.24, 2.45) is 0 Å². The summed E-state index contributed by atoms with van der Waals surface area (Å²) >= 11 is 0. The van der Waals surface area contributed by atoms with Crippen LogP contribution in [-0.2, 0) is 0 Å². The van der Waals surface area contributed by atoms with E-state index < -0.39 is 0 Å². The number of nitrogens with one attached hydrogen (secondary N) is 2. The van der Waals surface area contributed by atoms with E-state index in [4.69, 9.17) is 0 Å². The Bertz CT molecular complexity index is 1070. The predicted octanol–water partition coefficient (Wildman–Crippen LogP) is 4.66. The fourth-order valence-electron chi connectivity index (χ4n) is 2.91. The van der Waals surface area contributed by atoms with Gasteiger partial charge in [-0.05, 0) is 72.8 Å². The van der Waals surface area contributed by atoms with E-state index in [1.165, 1.54) is 0 Å². The zero-order chi connectivity index (χ0) is 15.9. The van der Waals surface area contributed by atoms with Crippen LogP contribution in [0.25, 0.3) is 46.4 Å². The minimum absolute atomic E-state index is 0.939. The molecule has 2 aliphatic heterocycles. The fourth-order valence-corrected chi connectivity index (χ4v) is 2.91. The number of fused-ring (bicyclic) bond motifs is 10. The summed E-state index contributed by atoms with van der Waals surface area (Å²) in [4.78, 5) is 16.1. The lowest BCUT2D eigenvalue weighted by Gasteiger charge is -1.86. The van der Waals surface area contributed by atoms with E-state index in [-0.39, 0.29) is 0 Å². The van der Waals surface area contributed by atoms with Gasteiger partial charge in [-0.15, -0.1) is 0 Å². The molecule has 0 amide bonds. The molecule has 5 heterocycles. The Hall–Kier alpha value is -3.40. The van der Waals surface area contributed by atoms with Crippen LogP contribution < -0.4 is 0 Å². The van der Waals surface area contributed by atoms with Crippen LogP contribution in [0, 0.1) is 0 Å². The number of nitrogens with zero attached hydrogens (tertiary/aromatic N) is 2. The van der Waals surface area contributed by atoms with Crippen molar-refractivity contribution in [3.8, 4) is 0 Å². The Kier molecular flexibility index (Phi) is 2.76. The van der Waals surface area contributed by atoms with Gasteiger partial charge in [0.2, 0.25) is 0 Å². The first-order valence-corrected chi connectivity index (χ1v) is 7.86. The van der Waals surface area contributed by atoms with E-state index in [2.05, 4.69) is 32.1 Å². The zero-order valence-electron chi connectivity index (χ0n) is 12.8. The lowest BCUT2D eigenvalue weighted by molar-refractivity contribution is 1.31. The molecule has 0 unspecified atom stereocenters. The summed E-state index contributed by atoms with van der Waals surface area (Å²) in [5, 5.41) is 0. The van der Waals surface area contributed by atoms with Gasteiger partial charge in [0.15, 0.2) is 0 Å². The smallest absolute Gasteiger partial charge is 0.0872 e. The molecule has 2 N–H and O–H groups in total. The normalized spacial score (nSPS) is 12.7. The van der Waals surface area contributed by atoms with Crippen molar-refractivity contribution in [2.45, 2.75) is 0 Å². The molecule has 0 atom stereocenters. The van der Waals surface area contributed by atoms with E-state index >= 15 is 0 Å². The summed E-state index contributed by atoms with van der Waals surface area (Å²) in [5.41, 5.74) is 7.86. The largest absolute Gasteiger partial charge is 0.354 e. The van der Waals surface area contributed by atoms with Crippen molar-refractivity contribution in [3.63, 3.8) is 0 Å². The second-order valence-electron chi connectivity index (χ2n) is 5.83. The molecule has 3 aromatic heterocycles. The van der Waals surface area contributed by atoms with Gasteiger partial charge in [-0.2, -0.15) is 0 Å². The quantitative estimate of drug-likeness (QED) is 0.437. The van der Waals surface area contributed by atoms with Crippen LogP contribution in [0.5, 0.6) is 0 Å². The summed E-state index contributed by atoms with van der Waals surface area (Å²) < 4.78 is 0.